The van der Waals surface area contributed by atoms with E-state index in [0.29, 0.717) is 18.9 Å². The van der Waals surface area contributed by atoms with Gasteiger partial charge in [-0.15, -0.1) is 11.6 Å². The molecular weight excluding hydrogens is 414 g/mol. The van der Waals surface area contributed by atoms with Crippen molar-refractivity contribution >= 4 is 33.4 Å². The second kappa shape index (κ2) is 7.61. The number of halogens is 2. The molecule has 0 bridgehead atoms. The number of carbonyl (C=O) groups is 1. The molecule has 26 heavy (non-hydrogen) atoms. The van der Waals surface area contributed by atoms with Crippen LogP contribution in [-0.4, -0.2) is 29.8 Å². The molecule has 4 rings (SSSR count). The average molecular weight is 435 g/mol. The summed E-state index contributed by atoms with van der Waals surface area (Å²) in [6, 6.07) is 14.9. The minimum Gasteiger partial charge on any atom is -0.494 e. The Morgan fingerprint density at radius 3 is 2.73 bits per heavy atom. The van der Waals surface area contributed by atoms with Crippen molar-refractivity contribution in [3.63, 3.8) is 0 Å². The lowest BCUT2D eigenvalue weighted by molar-refractivity contribution is -0.129. The molecule has 1 fully saturated rings. The van der Waals surface area contributed by atoms with Gasteiger partial charge < -0.3 is 9.64 Å². The van der Waals surface area contributed by atoms with Crippen LogP contribution < -0.4 is 4.74 Å². The van der Waals surface area contributed by atoms with Crippen LogP contribution >= 0.6 is 27.5 Å². The van der Waals surface area contributed by atoms with Crippen molar-refractivity contribution in [3.05, 3.63) is 63.6 Å². The zero-order valence-electron chi connectivity index (χ0n) is 14.5. The van der Waals surface area contributed by atoms with Crippen molar-refractivity contribution in [1.29, 1.82) is 0 Å². The number of alkyl halides is 1. The van der Waals surface area contributed by atoms with E-state index in [0.717, 1.165) is 29.6 Å². The van der Waals surface area contributed by atoms with E-state index in [-0.39, 0.29) is 17.9 Å². The molecule has 0 aromatic heterocycles. The first-order valence-electron chi connectivity index (χ1n) is 9.05. The summed E-state index contributed by atoms with van der Waals surface area (Å²) in [4.78, 5) is 14.4. The summed E-state index contributed by atoms with van der Waals surface area (Å²) in [5.41, 5.74) is 3.77. The number of rotatable bonds is 5. The Hall–Kier alpha value is -1.52. The van der Waals surface area contributed by atoms with Crippen molar-refractivity contribution in [3.8, 4) is 5.75 Å². The summed E-state index contributed by atoms with van der Waals surface area (Å²) in [5.74, 6) is 1.93. The van der Waals surface area contributed by atoms with E-state index in [1.165, 1.54) is 16.7 Å². The summed E-state index contributed by atoms with van der Waals surface area (Å²) in [5, 5.41) is 0. The van der Waals surface area contributed by atoms with E-state index >= 15 is 0 Å². The number of amides is 1. The van der Waals surface area contributed by atoms with Crippen LogP contribution in [0.4, 0.5) is 0 Å². The number of ether oxygens (including phenoxy) is 1. The molecule has 2 atom stereocenters. The van der Waals surface area contributed by atoms with E-state index in [9.17, 15) is 4.79 Å². The van der Waals surface area contributed by atoms with E-state index in [2.05, 4.69) is 57.2 Å². The highest BCUT2D eigenvalue weighted by Crippen LogP contribution is 2.45. The van der Waals surface area contributed by atoms with E-state index < -0.39 is 0 Å². The van der Waals surface area contributed by atoms with Gasteiger partial charge in [-0.05, 0) is 53.8 Å². The SMILES string of the molecule is O=C1CC[C@@H]2c3ccc(OCCCCl)cc3[C@H](c3ccc(Br)cc3)CN12. The normalized spacial score (nSPS) is 21.5. The van der Waals surface area contributed by atoms with Gasteiger partial charge in [0, 0.05) is 29.2 Å². The monoisotopic (exact) mass is 433 g/mol. The molecular formula is C21H21BrClNO2. The van der Waals surface area contributed by atoms with Crippen LogP contribution in [0.15, 0.2) is 46.9 Å². The molecule has 0 unspecified atom stereocenters. The van der Waals surface area contributed by atoms with E-state index in [4.69, 9.17) is 16.3 Å². The quantitative estimate of drug-likeness (QED) is 0.474. The first kappa shape index (κ1) is 17.9. The molecule has 136 valence electrons. The van der Waals surface area contributed by atoms with Crippen LogP contribution in [-0.2, 0) is 4.79 Å². The fourth-order valence-corrected chi connectivity index (χ4v) is 4.43. The van der Waals surface area contributed by atoms with Crippen molar-refractivity contribution in [1.82, 2.24) is 4.90 Å². The van der Waals surface area contributed by atoms with Crippen molar-refractivity contribution in [2.45, 2.75) is 31.2 Å². The van der Waals surface area contributed by atoms with Gasteiger partial charge in [0.05, 0.1) is 12.6 Å². The van der Waals surface area contributed by atoms with Crippen LogP contribution in [0.25, 0.3) is 0 Å². The Morgan fingerprint density at radius 1 is 1.15 bits per heavy atom. The van der Waals surface area contributed by atoms with Crippen molar-refractivity contribution < 1.29 is 9.53 Å². The number of hydrogen-bond acceptors (Lipinski definition) is 2. The number of hydrogen-bond donors (Lipinski definition) is 0. The summed E-state index contributed by atoms with van der Waals surface area (Å²) in [7, 11) is 0. The Morgan fingerprint density at radius 2 is 1.96 bits per heavy atom. The molecule has 2 heterocycles. The third kappa shape index (κ3) is 3.37. The first-order chi connectivity index (χ1) is 12.7. The van der Waals surface area contributed by atoms with Gasteiger partial charge in [0.25, 0.3) is 0 Å². The zero-order valence-corrected chi connectivity index (χ0v) is 16.8. The third-order valence-corrected chi connectivity index (χ3v) is 6.12. The maximum atomic E-state index is 12.4. The highest BCUT2D eigenvalue weighted by molar-refractivity contribution is 9.10. The van der Waals surface area contributed by atoms with Crippen LogP contribution in [0.5, 0.6) is 5.75 Å². The summed E-state index contributed by atoms with van der Waals surface area (Å²) >= 11 is 9.26. The predicted octanol–water partition coefficient (Wildman–Crippen LogP) is 5.27. The number of benzene rings is 2. The van der Waals surface area contributed by atoms with Gasteiger partial charge in [0.15, 0.2) is 0 Å². The van der Waals surface area contributed by atoms with Crippen LogP contribution in [0.1, 0.15) is 47.9 Å². The fourth-order valence-electron chi connectivity index (χ4n) is 4.05. The van der Waals surface area contributed by atoms with Gasteiger partial charge in [0.1, 0.15) is 5.75 Å². The lowest BCUT2D eigenvalue weighted by Crippen LogP contribution is -2.37. The molecule has 5 heteroatoms. The smallest absolute Gasteiger partial charge is 0.223 e. The molecule has 0 saturated carbocycles. The second-order valence-electron chi connectivity index (χ2n) is 6.89. The molecule has 1 amide bonds. The maximum absolute atomic E-state index is 12.4. The van der Waals surface area contributed by atoms with Gasteiger partial charge in [-0.25, -0.2) is 0 Å². The first-order valence-corrected chi connectivity index (χ1v) is 10.4. The van der Waals surface area contributed by atoms with Crippen molar-refractivity contribution in [2.24, 2.45) is 0 Å². The van der Waals surface area contributed by atoms with Crippen LogP contribution in [0.2, 0.25) is 0 Å². The molecule has 2 aromatic carbocycles. The summed E-state index contributed by atoms with van der Waals surface area (Å²) in [6.45, 7) is 1.36. The molecule has 0 spiro atoms. The minimum atomic E-state index is 0.174. The molecule has 0 aliphatic carbocycles. The number of carbonyl (C=O) groups excluding carboxylic acids is 1. The number of nitrogens with zero attached hydrogens (tertiary/aromatic N) is 1. The third-order valence-electron chi connectivity index (χ3n) is 5.32. The lowest BCUT2D eigenvalue weighted by Gasteiger charge is -2.38. The van der Waals surface area contributed by atoms with Gasteiger partial charge >= 0.3 is 0 Å². The second-order valence-corrected chi connectivity index (χ2v) is 8.18. The maximum Gasteiger partial charge on any atom is 0.223 e. The summed E-state index contributed by atoms with van der Waals surface area (Å²) in [6.07, 6.45) is 2.39. The molecule has 0 N–H and O–H groups in total. The highest BCUT2D eigenvalue weighted by atomic mass is 79.9. The Bertz CT molecular complexity index is 808. The zero-order chi connectivity index (χ0) is 18.1. The van der Waals surface area contributed by atoms with Crippen LogP contribution in [0, 0.1) is 0 Å². The van der Waals surface area contributed by atoms with Crippen LogP contribution in [0.3, 0.4) is 0 Å². The fraction of sp³-hybridized carbons (Fsp3) is 0.381. The Balaban J connectivity index is 1.72. The lowest BCUT2D eigenvalue weighted by atomic mass is 9.81. The Kier molecular flexibility index (Phi) is 5.23. The molecule has 2 aliphatic rings. The van der Waals surface area contributed by atoms with Gasteiger partial charge in [0.2, 0.25) is 5.91 Å². The molecule has 3 nitrogen and oxygen atoms in total. The molecule has 2 aliphatic heterocycles. The molecule has 1 saturated heterocycles. The standard InChI is InChI=1S/C21H21BrClNO2/c22-15-4-2-14(3-5-15)19-13-24-20(8-9-21(24)25)17-7-6-16(12-18(17)19)26-11-1-10-23/h2-7,12,19-20H,1,8-11,13H2/t19-,20+/m0/s1. The minimum absolute atomic E-state index is 0.174. The van der Waals surface area contributed by atoms with Gasteiger partial charge in [-0.2, -0.15) is 0 Å². The van der Waals surface area contributed by atoms with Gasteiger partial charge in [-0.3, -0.25) is 4.79 Å². The molecule has 2 aromatic rings. The largest absolute Gasteiger partial charge is 0.494 e. The topological polar surface area (TPSA) is 29.5 Å². The van der Waals surface area contributed by atoms with E-state index in [1.807, 2.05) is 6.07 Å². The highest BCUT2D eigenvalue weighted by Gasteiger charge is 2.40. The van der Waals surface area contributed by atoms with E-state index in [1.54, 1.807) is 0 Å². The van der Waals surface area contributed by atoms with Crippen molar-refractivity contribution in [2.75, 3.05) is 19.0 Å². The average Bonchev–Trinajstić information content (AvgIpc) is 3.03. The predicted molar refractivity (Wildman–Crippen MR) is 107 cm³/mol. The van der Waals surface area contributed by atoms with Gasteiger partial charge in [-0.1, -0.05) is 34.1 Å². The Labute approximate surface area is 167 Å². The summed E-state index contributed by atoms with van der Waals surface area (Å²) < 4.78 is 6.94. The number of fused-ring (bicyclic) bond motifs is 3. The molecule has 0 radical (unpaired) electrons.